The molecule has 0 aliphatic rings. The molecule has 0 aliphatic heterocycles. The van der Waals surface area contributed by atoms with Crippen molar-refractivity contribution in [2.45, 2.75) is 6.10 Å². The summed E-state index contributed by atoms with van der Waals surface area (Å²) in [7, 11) is 1.35. The van der Waals surface area contributed by atoms with Crippen molar-refractivity contribution >= 4 is 17.5 Å². The number of benzene rings is 1. The maximum atomic E-state index is 13.4. The maximum absolute atomic E-state index is 13.4. The van der Waals surface area contributed by atoms with E-state index in [0.717, 1.165) is 6.07 Å². The van der Waals surface area contributed by atoms with E-state index in [1.54, 1.807) is 0 Å². The monoisotopic (exact) mass is 274 g/mol. The van der Waals surface area contributed by atoms with Crippen molar-refractivity contribution in [1.29, 1.82) is 0 Å². The fourth-order valence-electron chi connectivity index (χ4n) is 1.26. The van der Waals surface area contributed by atoms with E-state index in [2.05, 4.69) is 0 Å². The van der Waals surface area contributed by atoms with Crippen LogP contribution in [0.15, 0.2) is 18.2 Å². The minimum Gasteiger partial charge on any atom is -0.494 e. The second-order valence-electron chi connectivity index (χ2n) is 3.62. The number of ketones is 1. The minimum atomic E-state index is -0.838. The Morgan fingerprint density at radius 2 is 2.28 bits per heavy atom. The summed E-state index contributed by atoms with van der Waals surface area (Å²) in [4.78, 5) is 11.7. The fraction of sp³-hybridized carbons (Fsp3) is 0.417. The van der Waals surface area contributed by atoms with Crippen LogP contribution in [0.2, 0.25) is 0 Å². The van der Waals surface area contributed by atoms with Gasteiger partial charge >= 0.3 is 0 Å². The molecule has 0 bridgehead atoms. The van der Waals surface area contributed by atoms with Crippen molar-refractivity contribution in [3.8, 4) is 5.75 Å². The number of halogens is 1. The average molecular weight is 274 g/mol. The van der Waals surface area contributed by atoms with E-state index in [-0.39, 0.29) is 35.2 Å². The molecule has 0 fully saturated rings. The fourth-order valence-corrected chi connectivity index (χ4v) is 2.11. The predicted molar refractivity (Wildman–Crippen MR) is 67.7 cm³/mol. The van der Waals surface area contributed by atoms with Crippen molar-refractivity contribution in [2.75, 3.05) is 25.2 Å². The molecule has 0 saturated heterocycles. The van der Waals surface area contributed by atoms with Crippen LogP contribution < -0.4 is 4.74 Å². The van der Waals surface area contributed by atoms with Crippen molar-refractivity contribution in [3.05, 3.63) is 29.6 Å². The minimum absolute atomic E-state index is 0.0925. The van der Waals surface area contributed by atoms with Gasteiger partial charge in [-0.1, -0.05) is 0 Å². The summed E-state index contributed by atoms with van der Waals surface area (Å²) < 4.78 is 18.1. The molecule has 6 heteroatoms. The zero-order valence-corrected chi connectivity index (χ0v) is 10.7. The van der Waals surface area contributed by atoms with Crippen molar-refractivity contribution in [3.63, 3.8) is 0 Å². The third-order valence-electron chi connectivity index (χ3n) is 2.23. The number of aliphatic hydroxyl groups is 2. The summed E-state index contributed by atoms with van der Waals surface area (Å²) >= 11 is 1.19. The molecule has 18 heavy (non-hydrogen) atoms. The largest absolute Gasteiger partial charge is 0.494 e. The van der Waals surface area contributed by atoms with E-state index < -0.39 is 11.9 Å². The highest BCUT2D eigenvalue weighted by Gasteiger charge is 2.11. The number of hydrogen-bond acceptors (Lipinski definition) is 5. The third-order valence-corrected chi connectivity index (χ3v) is 3.31. The van der Waals surface area contributed by atoms with E-state index in [1.165, 1.54) is 31.0 Å². The first-order valence-corrected chi connectivity index (χ1v) is 6.47. The number of thioether (sulfide) groups is 1. The van der Waals surface area contributed by atoms with Gasteiger partial charge in [-0.2, -0.15) is 11.8 Å². The summed E-state index contributed by atoms with van der Waals surface area (Å²) in [6.45, 7) is -0.335. The van der Waals surface area contributed by atoms with E-state index in [4.69, 9.17) is 14.9 Å². The predicted octanol–water partition coefficient (Wildman–Crippen LogP) is 1.10. The summed E-state index contributed by atoms with van der Waals surface area (Å²) in [5.41, 5.74) is 0.263. The Bertz CT molecular complexity index is 411. The molecule has 0 amide bonds. The van der Waals surface area contributed by atoms with Gasteiger partial charge in [0.15, 0.2) is 17.3 Å². The van der Waals surface area contributed by atoms with Gasteiger partial charge in [0.1, 0.15) is 0 Å². The van der Waals surface area contributed by atoms with Gasteiger partial charge in [0.25, 0.3) is 0 Å². The van der Waals surface area contributed by atoms with Gasteiger partial charge in [-0.3, -0.25) is 4.79 Å². The van der Waals surface area contributed by atoms with Crippen LogP contribution in [0.3, 0.4) is 0 Å². The molecule has 1 aromatic rings. The van der Waals surface area contributed by atoms with Gasteiger partial charge in [-0.25, -0.2) is 4.39 Å². The molecule has 0 spiro atoms. The van der Waals surface area contributed by atoms with Gasteiger partial charge in [0.05, 0.1) is 25.6 Å². The summed E-state index contributed by atoms with van der Waals surface area (Å²) in [6, 6.07) is 4.02. The second-order valence-corrected chi connectivity index (χ2v) is 4.65. The number of aliphatic hydroxyl groups excluding tert-OH is 2. The standard InChI is InChI=1S/C12H15FO4S/c1-17-12-3-2-8(4-10(12)13)11(16)7-18-6-9(15)5-14/h2-4,9,14-15H,5-7H2,1H3. The Morgan fingerprint density at radius 1 is 1.56 bits per heavy atom. The molecule has 1 unspecified atom stereocenters. The Labute approximate surface area is 109 Å². The molecule has 0 aliphatic carbocycles. The van der Waals surface area contributed by atoms with Gasteiger partial charge in [0, 0.05) is 11.3 Å². The number of rotatable bonds is 7. The Morgan fingerprint density at radius 3 is 2.83 bits per heavy atom. The van der Waals surface area contributed by atoms with Crippen LogP contribution in [-0.4, -0.2) is 47.3 Å². The number of hydrogen-bond donors (Lipinski definition) is 2. The van der Waals surface area contributed by atoms with E-state index in [0.29, 0.717) is 0 Å². The first-order valence-electron chi connectivity index (χ1n) is 5.32. The Kier molecular flexibility index (Phi) is 6.11. The lowest BCUT2D eigenvalue weighted by molar-refractivity contribution is 0.102. The zero-order chi connectivity index (χ0) is 13.5. The van der Waals surface area contributed by atoms with E-state index >= 15 is 0 Å². The van der Waals surface area contributed by atoms with Crippen LogP contribution in [-0.2, 0) is 0 Å². The average Bonchev–Trinajstić information content (AvgIpc) is 2.38. The highest BCUT2D eigenvalue weighted by molar-refractivity contribution is 8.00. The lowest BCUT2D eigenvalue weighted by Gasteiger charge is -2.07. The van der Waals surface area contributed by atoms with E-state index in [1.807, 2.05) is 0 Å². The highest BCUT2D eigenvalue weighted by atomic mass is 32.2. The van der Waals surface area contributed by atoms with Gasteiger partial charge in [-0.15, -0.1) is 0 Å². The molecule has 0 saturated carbocycles. The van der Waals surface area contributed by atoms with Gasteiger partial charge < -0.3 is 14.9 Å². The maximum Gasteiger partial charge on any atom is 0.172 e. The topological polar surface area (TPSA) is 66.8 Å². The lowest BCUT2D eigenvalue weighted by Crippen LogP contribution is -2.16. The van der Waals surface area contributed by atoms with Crippen LogP contribution in [0.5, 0.6) is 5.75 Å². The molecule has 0 radical (unpaired) electrons. The number of Topliss-reactive ketones (excluding diaryl/α,β-unsaturated/α-hetero) is 1. The Balaban J connectivity index is 2.54. The van der Waals surface area contributed by atoms with E-state index in [9.17, 15) is 9.18 Å². The number of carbonyl (C=O) groups is 1. The molecule has 1 atom stereocenters. The van der Waals surface area contributed by atoms with Crippen LogP contribution in [0.1, 0.15) is 10.4 Å². The first kappa shape index (κ1) is 14.9. The van der Waals surface area contributed by atoms with Crippen molar-refractivity contribution in [1.82, 2.24) is 0 Å². The first-order chi connectivity index (χ1) is 8.58. The van der Waals surface area contributed by atoms with Crippen LogP contribution in [0.25, 0.3) is 0 Å². The molecular weight excluding hydrogens is 259 g/mol. The summed E-state index contributed by atoms with van der Waals surface area (Å²) in [6.07, 6.45) is -0.838. The SMILES string of the molecule is COc1ccc(C(=O)CSCC(O)CO)cc1F. The molecule has 4 nitrogen and oxygen atoms in total. The second kappa shape index (κ2) is 7.35. The molecule has 2 N–H and O–H groups in total. The van der Waals surface area contributed by atoms with Crippen molar-refractivity contribution < 1.29 is 24.1 Å². The molecule has 0 aromatic heterocycles. The summed E-state index contributed by atoms with van der Waals surface area (Å²) in [5, 5.41) is 17.7. The Hall–Kier alpha value is -1.11. The lowest BCUT2D eigenvalue weighted by atomic mass is 10.1. The normalized spacial score (nSPS) is 12.2. The molecule has 1 aromatic carbocycles. The third kappa shape index (κ3) is 4.29. The smallest absolute Gasteiger partial charge is 0.172 e. The molecule has 100 valence electrons. The zero-order valence-electron chi connectivity index (χ0n) is 9.93. The number of ether oxygens (including phenoxy) is 1. The molecular formula is C12H15FO4S. The van der Waals surface area contributed by atoms with Gasteiger partial charge in [0.2, 0.25) is 0 Å². The number of carbonyl (C=O) groups excluding carboxylic acids is 1. The molecule has 1 rings (SSSR count). The van der Waals surface area contributed by atoms with Crippen LogP contribution >= 0.6 is 11.8 Å². The van der Waals surface area contributed by atoms with Gasteiger partial charge in [-0.05, 0) is 18.2 Å². The number of methoxy groups -OCH3 is 1. The molecule has 0 heterocycles. The quantitative estimate of drug-likeness (QED) is 0.729. The summed E-state index contributed by atoms with van der Waals surface area (Å²) in [5.74, 6) is -0.325. The van der Waals surface area contributed by atoms with Crippen LogP contribution in [0.4, 0.5) is 4.39 Å². The van der Waals surface area contributed by atoms with Crippen molar-refractivity contribution in [2.24, 2.45) is 0 Å². The highest BCUT2D eigenvalue weighted by Crippen LogP contribution is 2.19. The van der Waals surface area contributed by atoms with Crippen LogP contribution in [0, 0.1) is 5.82 Å².